The van der Waals surface area contributed by atoms with Crippen LogP contribution in [0.15, 0.2) is 70.2 Å². The molecule has 1 heterocycles. The first-order chi connectivity index (χ1) is 15.1. The average molecular weight is 549 g/mol. The fraction of sp³-hybridized carbons (Fsp3) is 0.519. The van der Waals surface area contributed by atoms with Crippen molar-refractivity contribution in [1.29, 1.82) is 0 Å². The molecule has 1 unspecified atom stereocenters. The van der Waals surface area contributed by atoms with E-state index in [-0.39, 0.29) is 9.84 Å². The number of hydrogen-bond donors (Lipinski definition) is 1. The van der Waals surface area contributed by atoms with Gasteiger partial charge in [0.05, 0.1) is 12.5 Å². The number of carbonyl (C=O) groups is 1. The SMILES string of the molecule is C=C/C(=C\C=C\CCC(=C)[C@H](I)C[C@H](C)C(=O)O)C1=NCC(C2=CCC(C)(C)CC2)C=N1. The standard InChI is InChI=1S/C27H37IN2O2/c1-6-21(11-9-7-8-10-19(2)24(28)16-20(3)26(31)32)25-29-17-23(18-30-25)22-12-14-27(4,5)15-13-22/h6-7,9,11-12,17,20,23-24H,1-2,8,10,13-16,18H2,3-5H3,(H,31,32)/b9-7+,21-11+/t20-,23?,24+/m0/s1. The second-order valence-electron chi connectivity index (χ2n) is 9.59. The lowest BCUT2D eigenvalue weighted by atomic mass is 9.76. The Hall–Kier alpha value is -1.76. The molecule has 0 saturated carbocycles. The van der Waals surface area contributed by atoms with Crippen molar-refractivity contribution >= 4 is 40.6 Å². The summed E-state index contributed by atoms with van der Waals surface area (Å²) in [6, 6.07) is 0. The van der Waals surface area contributed by atoms with Gasteiger partial charge in [-0.15, -0.1) is 0 Å². The first-order valence-corrected chi connectivity index (χ1v) is 12.7. The van der Waals surface area contributed by atoms with Crippen molar-refractivity contribution in [2.24, 2.45) is 27.2 Å². The second kappa shape index (κ2) is 12.5. The van der Waals surface area contributed by atoms with Gasteiger partial charge in [-0.1, -0.05) is 98.0 Å². The van der Waals surface area contributed by atoms with Gasteiger partial charge in [-0.25, -0.2) is 4.99 Å². The molecule has 2 rings (SSSR count). The lowest BCUT2D eigenvalue weighted by Gasteiger charge is -2.31. The molecule has 0 fully saturated rings. The van der Waals surface area contributed by atoms with E-state index in [1.807, 2.05) is 12.2 Å². The normalized spacial score (nSPS) is 22.8. The number of aliphatic carboxylic acids is 1. The van der Waals surface area contributed by atoms with Crippen LogP contribution in [-0.4, -0.2) is 33.6 Å². The highest BCUT2D eigenvalue weighted by Crippen LogP contribution is 2.36. The third kappa shape index (κ3) is 8.30. The topological polar surface area (TPSA) is 62.0 Å². The lowest BCUT2D eigenvalue weighted by molar-refractivity contribution is -0.141. The molecule has 1 aliphatic carbocycles. The number of allylic oxidation sites excluding steroid dienone is 5. The molecule has 0 bridgehead atoms. The van der Waals surface area contributed by atoms with Crippen LogP contribution in [0.4, 0.5) is 0 Å². The number of alkyl halides is 1. The molecular formula is C27H37IN2O2. The van der Waals surface area contributed by atoms with Gasteiger partial charge in [0.1, 0.15) is 0 Å². The summed E-state index contributed by atoms with van der Waals surface area (Å²) in [7, 11) is 0. The minimum absolute atomic E-state index is 0.176. The Labute approximate surface area is 207 Å². The Bertz CT molecular complexity index is 861. The van der Waals surface area contributed by atoms with E-state index in [0.29, 0.717) is 17.8 Å². The van der Waals surface area contributed by atoms with E-state index in [1.165, 1.54) is 12.0 Å². The Balaban J connectivity index is 1.84. The van der Waals surface area contributed by atoms with Crippen molar-refractivity contribution in [3.05, 3.63) is 60.3 Å². The zero-order valence-electron chi connectivity index (χ0n) is 19.7. The zero-order valence-corrected chi connectivity index (χ0v) is 21.8. The lowest BCUT2D eigenvalue weighted by Crippen LogP contribution is -2.22. The van der Waals surface area contributed by atoms with E-state index in [1.54, 1.807) is 13.0 Å². The number of hydrogen-bond acceptors (Lipinski definition) is 3. The van der Waals surface area contributed by atoms with Crippen LogP contribution in [0.1, 0.15) is 59.3 Å². The Kier molecular flexibility index (Phi) is 10.3. The summed E-state index contributed by atoms with van der Waals surface area (Å²) in [5.41, 5.74) is 3.90. The van der Waals surface area contributed by atoms with Crippen LogP contribution in [0.2, 0.25) is 0 Å². The highest BCUT2D eigenvalue weighted by Gasteiger charge is 2.25. The van der Waals surface area contributed by atoms with Crippen molar-refractivity contribution in [3.8, 4) is 0 Å². The minimum atomic E-state index is -0.750. The number of amidine groups is 1. The van der Waals surface area contributed by atoms with Gasteiger partial charge < -0.3 is 5.11 Å². The fourth-order valence-corrected chi connectivity index (χ4v) is 4.82. The number of halogens is 1. The molecule has 3 atom stereocenters. The molecule has 5 heteroatoms. The third-order valence-electron chi connectivity index (χ3n) is 6.25. The van der Waals surface area contributed by atoms with Crippen LogP contribution in [0, 0.1) is 17.3 Å². The van der Waals surface area contributed by atoms with Gasteiger partial charge in [0.2, 0.25) is 0 Å². The Morgan fingerprint density at radius 3 is 2.75 bits per heavy atom. The van der Waals surface area contributed by atoms with Crippen molar-refractivity contribution in [2.45, 2.75) is 63.2 Å². The van der Waals surface area contributed by atoms with E-state index >= 15 is 0 Å². The summed E-state index contributed by atoms with van der Waals surface area (Å²) in [6.45, 7) is 15.2. The van der Waals surface area contributed by atoms with Gasteiger partial charge in [0.25, 0.3) is 0 Å². The van der Waals surface area contributed by atoms with Crippen LogP contribution in [0.25, 0.3) is 0 Å². The molecular weight excluding hydrogens is 511 g/mol. The predicted octanol–water partition coefficient (Wildman–Crippen LogP) is 7.14. The first-order valence-electron chi connectivity index (χ1n) is 11.4. The predicted molar refractivity (Wildman–Crippen MR) is 145 cm³/mol. The van der Waals surface area contributed by atoms with Crippen molar-refractivity contribution in [3.63, 3.8) is 0 Å². The Morgan fingerprint density at radius 2 is 2.19 bits per heavy atom. The molecule has 174 valence electrons. The molecule has 0 aromatic carbocycles. The molecule has 0 saturated heterocycles. The maximum atomic E-state index is 11.0. The zero-order chi connectivity index (χ0) is 23.7. The molecule has 1 aliphatic heterocycles. The van der Waals surface area contributed by atoms with E-state index in [4.69, 9.17) is 10.1 Å². The van der Waals surface area contributed by atoms with E-state index in [0.717, 1.165) is 49.2 Å². The number of nitrogens with zero attached hydrogens (tertiary/aromatic N) is 2. The van der Waals surface area contributed by atoms with Crippen molar-refractivity contribution in [2.75, 3.05) is 6.54 Å². The van der Waals surface area contributed by atoms with Crippen LogP contribution in [0.3, 0.4) is 0 Å². The van der Waals surface area contributed by atoms with E-state index in [2.05, 4.69) is 73.0 Å². The largest absolute Gasteiger partial charge is 0.481 e. The molecule has 0 amide bonds. The van der Waals surface area contributed by atoms with Crippen LogP contribution in [0.5, 0.6) is 0 Å². The third-order valence-corrected chi connectivity index (χ3v) is 7.63. The second-order valence-corrected chi connectivity index (χ2v) is 11.1. The Morgan fingerprint density at radius 1 is 1.44 bits per heavy atom. The van der Waals surface area contributed by atoms with Gasteiger partial charge in [-0.05, 0) is 43.9 Å². The van der Waals surface area contributed by atoms with Gasteiger partial charge >= 0.3 is 5.97 Å². The molecule has 0 spiro atoms. The highest BCUT2D eigenvalue weighted by atomic mass is 127. The minimum Gasteiger partial charge on any atom is -0.481 e. The first kappa shape index (κ1) is 26.5. The molecule has 0 aromatic rings. The maximum Gasteiger partial charge on any atom is 0.306 e. The van der Waals surface area contributed by atoms with Crippen molar-refractivity contribution < 1.29 is 9.90 Å². The van der Waals surface area contributed by atoms with Crippen molar-refractivity contribution in [1.82, 2.24) is 0 Å². The summed E-state index contributed by atoms with van der Waals surface area (Å²) in [5, 5.41) is 9.06. The summed E-state index contributed by atoms with van der Waals surface area (Å²) in [4.78, 5) is 20.4. The summed E-state index contributed by atoms with van der Waals surface area (Å²) >= 11 is 2.29. The van der Waals surface area contributed by atoms with Crippen LogP contribution >= 0.6 is 22.6 Å². The van der Waals surface area contributed by atoms with Crippen LogP contribution in [-0.2, 0) is 4.79 Å². The summed E-state index contributed by atoms with van der Waals surface area (Å²) < 4.78 is 0.176. The average Bonchev–Trinajstić information content (AvgIpc) is 2.76. The quantitative estimate of drug-likeness (QED) is 0.129. The molecule has 0 aromatic heterocycles. The van der Waals surface area contributed by atoms with Gasteiger partial charge in [0, 0.05) is 21.6 Å². The number of rotatable bonds is 11. The molecule has 4 nitrogen and oxygen atoms in total. The molecule has 32 heavy (non-hydrogen) atoms. The molecule has 2 aliphatic rings. The van der Waals surface area contributed by atoms with E-state index in [9.17, 15) is 4.79 Å². The van der Waals surface area contributed by atoms with E-state index < -0.39 is 5.97 Å². The monoisotopic (exact) mass is 548 g/mol. The van der Waals surface area contributed by atoms with Gasteiger partial charge in [0.15, 0.2) is 5.84 Å². The number of aliphatic imine (C=N–C) groups is 2. The summed E-state index contributed by atoms with van der Waals surface area (Å²) in [6.07, 6.45) is 18.2. The molecule has 0 radical (unpaired) electrons. The van der Waals surface area contributed by atoms with Gasteiger partial charge in [-0.2, -0.15) is 0 Å². The summed E-state index contributed by atoms with van der Waals surface area (Å²) in [5.74, 6) is -0.0232. The van der Waals surface area contributed by atoms with Crippen LogP contribution < -0.4 is 0 Å². The highest BCUT2D eigenvalue weighted by molar-refractivity contribution is 14.1. The fourth-order valence-electron chi connectivity index (χ4n) is 3.75. The number of carboxylic acids is 1. The van der Waals surface area contributed by atoms with Gasteiger partial charge in [-0.3, -0.25) is 9.79 Å². The smallest absolute Gasteiger partial charge is 0.306 e. The molecule has 1 N–H and O–H groups in total. The number of carboxylic acid groups (broad SMARTS) is 1. The maximum absolute atomic E-state index is 11.0.